The molecule has 0 aliphatic heterocycles. The van der Waals surface area contributed by atoms with Crippen LogP contribution in [0.25, 0.3) is 0 Å². The van der Waals surface area contributed by atoms with Crippen molar-refractivity contribution in [1.29, 1.82) is 0 Å². The second-order valence-electron chi connectivity index (χ2n) is 2.88. The van der Waals surface area contributed by atoms with Crippen LogP contribution in [-0.2, 0) is 16.6 Å². The van der Waals surface area contributed by atoms with Crippen molar-refractivity contribution >= 4 is 10.8 Å². The van der Waals surface area contributed by atoms with Gasteiger partial charge in [-0.2, -0.15) is 0 Å². The minimum Gasteiger partial charge on any atom is -0.502 e. The van der Waals surface area contributed by atoms with E-state index in [-0.39, 0.29) is 5.75 Å². The lowest BCUT2D eigenvalue weighted by Crippen LogP contribution is -2.04. The molecule has 0 saturated heterocycles. The molecule has 0 saturated carbocycles. The molecule has 1 rings (SSSR count). The van der Waals surface area contributed by atoms with Crippen LogP contribution in [0.1, 0.15) is 19.1 Å². The SMILES string of the molecule is CCCS(=O)Cc1cc(=O)c(O)co1. The lowest BCUT2D eigenvalue weighted by molar-refractivity contribution is 0.418. The van der Waals surface area contributed by atoms with Gasteiger partial charge >= 0.3 is 0 Å². The van der Waals surface area contributed by atoms with Gasteiger partial charge in [0.25, 0.3) is 0 Å². The summed E-state index contributed by atoms with van der Waals surface area (Å²) in [4.78, 5) is 11.0. The van der Waals surface area contributed by atoms with Gasteiger partial charge in [0.1, 0.15) is 12.0 Å². The second-order valence-corrected chi connectivity index (χ2v) is 4.46. The molecule has 1 heterocycles. The van der Waals surface area contributed by atoms with Crippen LogP contribution in [0.5, 0.6) is 5.75 Å². The van der Waals surface area contributed by atoms with Crippen LogP contribution in [0.3, 0.4) is 0 Å². The van der Waals surface area contributed by atoms with Crippen LogP contribution >= 0.6 is 0 Å². The molecule has 14 heavy (non-hydrogen) atoms. The van der Waals surface area contributed by atoms with E-state index in [2.05, 4.69) is 0 Å². The highest BCUT2D eigenvalue weighted by molar-refractivity contribution is 7.84. The Morgan fingerprint density at radius 1 is 1.57 bits per heavy atom. The van der Waals surface area contributed by atoms with Crippen molar-refractivity contribution in [3.8, 4) is 5.75 Å². The molecule has 1 atom stereocenters. The van der Waals surface area contributed by atoms with Gasteiger partial charge in [0.15, 0.2) is 5.75 Å². The Balaban J connectivity index is 2.73. The first-order chi connectivity index (χ1) is 6.63. The molecule has 1 aromatic rings. The fourth-order valence-corrected chi connectivity index (χ4v) is 2.05. The maximum absolute atomic E-state index is 11.3. The summed E-state index contributed by atoms with van der Waals surface area (Å²) < 4.78 is 16.2. The molecule has 5 heteroatoms. The molecule has 0 fully saturated rings. The highest BCUT2D eigenvalue weighted by atomic mass is 32.2. The molecular formula is C9H12O4S. The molecule has 78 valence electrons. The quantitative estimate of drug-likeness (QED) is 0.815. The summed E-state index contributed by atoms with van der Waals surface area (Å²) in [5.41, 5.74) is -0.500. The third-order valence-electron chi connectivity index (χ3n) is 1.60. The van der Waals surface area contributed by atoms with Gasteiger partial charge in [0, 0.05) is 22.6 Å². The van der Waals surface area contributed by atoms with Crippen molar-refractivity contribution in [2.75, 3.05) is 5.75 Å². The van der Waals surface area contributed by atoms with Crippen LogP contribution in [0.4, 0.5) is 0 Å². The van der Waals surface area contributed by atoms with Crippen molar-refractivity contribution < 1.29 is 13.7 Å². The van der Waals surface area contributed by atoms with Crippen molar-refractivity contribution in [2.24, 2.45) is 0 Å². The van der Waals surface area contributed by atoms with Crippen LogP contribution in [0.2, 0.25) is 0 Å². The molecule has 0 radical (unpaired) electrons. The molecule has 1 unspecified atom stereocenters. The van der Waals surface area contributed by atoms with Crippen molar-refractivity contribution in [3.05, 3.63) is 28.3 Å². The molecule has 0 bridgehead atoms. The second kappa shape index (κ2) is 4.95. The van der Waals surface area contributed by atoms with Gasteiger partial charge in [0.2, 0.25) is 5.43 Å². The summed E-state index contributed by atoms with van der Waals surface area (Å²) in [6.45, 7) is 1.94. The van der Waals surface area contributed by atoms with Crippen molar-refractivity contribution in [2.45, 2.75) is 19.1 Å². The van der Waals surface area contributed by atoms with E-state index < -0.39 is 22.0 Å². The average molecular weight is 216 g/mol. The zero-order chi connectivity index (χ0) is 10.6. The predicted octanol–water partition coefficient (Wildman–Crippen LogP) is 1.00. The van der Waals surface area contributed by atoms with E-state index in [4.69, 9.17) is 9.52 Å². The Bertz CT molecular complexity index is 383. The highest BCUT2D eigenvalue weighted by Gasteiger charge is 2.05. The third-order valence-corrected chi connectivity index (χ3v) is 3.07. The molecule has 0 spiro atoms. The fourth-order valence-electron chi connectivity index (χ4n) is 0.978. The van der Waals surface area contributed by atoms with E-state index in [9.17, 15) is 9.00 Å². The lowest BCUT2D eigenvalue weighted by Gasteiger charge is -1.99. The number of hydrogen-bond acceptors (Lipinski definition) is 4. The first kappa shape index (κ1) is 11.0. The van der Waals surface area contributed by atoms with Crippen LogP contribution in [0.15, 0.2) is 21.5 Å². The van der Waals surface area contributed by atoms with Crippen molar-refractivity contribution in [1.82, 2.24) is 0 Å². The molecule has 1 N–H and O–H groups in total. The monoisotopic (exact) mass is 216 g/mol. The van der Waals surface area contributed by atoms with Gasteiger partial charge in [-0.1, -0.05) is 6.92 Å². The maximum Gasteiger partial charge on any atom is 0.226 e. The third kappa shape index (κ3) is 2.99. The van der Waals surface area contributed by atoms with E-state index >= 15 is 0 Å². The van der Waals surface area contributed by atoms with E-state index in [1.54, 1.807) is 0 Å². The van der Waals surface area contributed by atoms with Gasteiger partial charge in [-0.15, -0.1) is 0 Å². The molecule has 1 aromatic heterocycles. The summed E-state index contributed by atoms with van der Waals surface area (Å²) >= 11 is 0. The summed E-state index contributed by atoms with van der Waals surface area (Å²) in [7, 11) is -1.00. The van der Waals surface area contributed by atoms with Crippen molar-refractivity contribution in [3.63, 3.8) is 0 Å². The Morgan fingerprint density at radius 3 is 2.86 bits per heavy atom. The summed E-state index contributed by atoms with van der Waals surface area (Å²) in [5.74, 6) is 0.739. The molecular weight excluding hydrogens is 204 g/mol. The van der Waals surface area contributed by atoms with Gasteiger partial charge in [-0.25, -0.2) is 0 Å². The first-order valence-corrected chi connectivity index (χ1v) is 5.78. The Labute approximate surface area is 84.0 Å². The molecule has 0 aromatic carbocycles. The number of rotatable bonds is 4. The van der Waals surface area contributed by atoms with Crippen LogP contribution in [-0.4, -0.2) is 15.1 Å². The molecule has 0 amide bonds. The Hall–Kier alpha value is -1.10. The smallest absolute Gasteiger partial charge is 0.226 e. The van der Waals surface area contributed by atoms with Crippen LogP contribution in [0, 0.1) is 0 Å². The zero-order valence-electron chi connectivity index (χ0n) is 7.86. The van der Waals surface area contributed by atoms with E-state index in [0.717, 1.165) is 12.7 Å². The normalized spacial score (nSPS) is 12.6. The van der Waals surface area contributed by atoms with Gasteiger partial charge in [-0.05, 0) is 6.42 Å². The van der Waals surface area contributed by atoms with E-state index in [1.165, 1.54) is 6.07 Å². The summed E-state index contributed by atoms with van der Waals surface area (Å²) in [5, 5.41) is 8.90. The largest absolute Gasteiger partial charge is 0.502 e. The van der Waals surface area contributed by atoms with E-state index in [0.29, 0.717) is 11.5 Å². The first-order valence-electron chi connectivity index (χ1n) is 4.29. The minimum atomic E-state index is -1.00. The maximum atomic E-state index is 11.3. The number of aromatic hydroxyl groups is 1. The zero-order valence-corrected chi connectivity index (χ0v) is 8.67. The van der Waals surface area contributed by atoms with Gasteiger partial charge in [-0.3, -0.25) is 9.00 Å². The summed E-state index contributed by atoms with van der Waals surface area (Å²) in [6, 6.07) is 1.17. The standard InChI is InChI=1S/C9H12O4S/c1-2-3-14(12)6-7-4-8(10)9(11)5-13-7/h4-5,11H,2-3,6H2,1H3. The van der Waals surface area contributed by atoms with Gasteiger partial charge in [0.05, 0.1) is 5.75 Å². The van der Waals surface area contributed by atoms with E-state index in [1.807, 2.05) is 6.92 Å². The highest BCUT2D eigenvalue weighted by Crippen LogP contribution is 2.06. The predicted molar refractivity (Wildman–Crippen MR) is 53.6 cm³/mol. The van der Waals surface area contributed by atoms with Crippen LogP contribution < -0.4 is 5.43 Å². The Morgan fingerprint density at radius 2 is 2.29 bits per heavy atom. The average Bonchev–Trinajstić information content (AvgIpc) is 2.12. The lowest BCUT2D eigenvalue weighted by atomic mass is 10.4. The van der Waals surface area contributed by atoms with Gasteiger partial charge < -0.3 is 9.52 Å². The minimum absolute atomic E-state index is 0.226. The summed E-state index contributed by atoms with van der Waals surface area (Å²) in [6.07, 6.45) is 1.80. The molecule has 0 aliphatic carbocycles. The topological polar surface area (TPSA) is 67.5 Å². The molecule has 4 nitrogen and oxygen atoms in total. The fraction of sp³-hybridized carbons (Fsp3) is 0.444. The number of hydrogen-bond donors (Lipinski definition) is 1. The molecule has 0 aliphatic rings. The Kier molecular flexibility index (Phi) is 3.88.